The number of ether oxygens (including phenoxy) is 1. The summed E-state index contributed by atoms with van der Waals surface area (Å²) < 4.78 is 52.1. The molecule has 2 aromatic carbocycles. The van der Waals surface area contributed by atoms with Crippen LogP contribution < -0.4 is 15.0 Å². The van der Waals surface area contributed by atoms with E-state index in [1.165, 1.54) is 24.3 Å². The number of rotatable bonds is 5. The number of fused-ring (bicyclic) bond motifs is 3. The van der Waals surface area contributed by atoms with Crippen molar-refractivity contribution in [3.63, 3.8) is 0 Å². The van der Waals surface area contributed by atoms with E-state index in [4.69, 9.17) is 10.2 Å². The molecule has 2 aromatic rings. The van der Waals surface area contributed by atoms with Gasteiger partial charge in [0, 0.05) is 34.3 Å². The van der Waals surface area contributed by atoms with Gasteiger partial charge in [0.05, 0.1) is 27.2 Å². The molecule has 0 unspecified atom stereocenters. The van der Waals surface area contributed by atoms with Gasteiger partial charge in [0.25, 0.3) is 0 Å². The molecule has 1 N–H and O–H groups in total. The molecule has 3 aliphatic rings. The summed E-state index contributed by atoms with van der Waals surface area (Å²) in [5.74, 6) is -0.315. The van der Waals surface area contributed by atoms with Crippen LogP contribution >= 0.6 is 0 Å². The van der Waals surface area contributed by atoms with Gasteiger partial charge in [-0.05, 0) is 48.7 Å². The number of nitrogens with one attached hydrogen (secondary N) is 1. The summed E-state index contributed by atoms with van der Waals surface area (Å²) in [5.41, 5.74) is 2.92. The molecular weight excluding hydrogens is 357 g/mol. The highest BCUT2D eigenvalue weighted by Gasteiger charge is 2.44. The first-order chi connectivity index (χ1) is 15.1. The monoisotopic (exact) mass is 385 g/mol. The van der Waals surface area contributed by atoms with E-state index >= 15 is 0 Å². The molecule has 0 saturated carbocycles. The standard InChI is InChI=1S/C22H24FN3O2/c23-15-5-7-16(8-6-15)28-12-2-10-25-11-9-20-18(13-25)17-3-1-4-19-22(17)26(20)14-21(27)24-19/h1,3-8,18,20H,2,9-14H2,(H,24,27)/t18-,20-/m0/s1/i10D2,12D2. The molecule has 0 radical (unpaired) electrons. The average Bonchev–Trinajstić information content (AvgIpc) is 3.03. The Bertz CT molecular complexity index is 1050. The normalized spacial score (nSPS) is 26.3. The third-order valence-electron chi connectivity index (χ3n) is 5.70. The first-order valence-electron chi connectivity index (χ1n) is 11.5. The molecule has 6 heteroatoms. The second kappa shape index (κ2) is 7.09. The van der Waals surface area contributed by atoms with Crippen LogP contribution in [0.25, 0.3) is 0 Å². The van der Waals surface area contributed by atoms with E-state index in [0.717, 1.165) is 16.9 Å². The molecule has 146 valence electrons. The molecule has 2 atom stereocenters. The molecule has 1 fully saturated rings. The van der Waals surface area contributed by atoms with Gasteiger partial charge in [0.2, 0.25) is 5.91 Å². The Morgan fingerprint density at radius 3 is 2.96 bits per heavy atom. The Morgan fingerprint density at radius 2 is 2.11 bits per heavy atom. The lowest BCUT2D eigenvalue weighted by atomic mass is 9.89. The number of nitrogens with zero attached hydrogens (tertiary/aromatic N) is 2. The summed E-state index contributed by atoms with van der Waals surface area (Å²) in [6.45, 7) is -3.06. The first kappa shape index (κ1) is 13.6. The van der Waals surface area contributed by atoms with Crippen LogP contribution in [-0.2, 0) is 4.79 Å². The predicted molar refractivity (Wildman–Crippen MR) is 107 cm³/mol. The van der Waals surface area contributed by atoms with Crippen LogP contribution in [0.1, 0.15) is 29.8 Å². The first-order valence-corrected chi connectivity index (χ1v) is 9.52. The van der Waals surface area contributed by atoms with Crippen molar-refractivity contribution in [1.29, 1.82) is 0 Å². The van der Waals surface area contributed by atoms with Crippen molar-refractivity contribution < 1.29 is 19.4 Å². The number of para-hydroxylation sites is 1. The number of carbonyl (C=O) groups excluding carboxylic acids is 1. The lowest BCUT2D eigenvalue weighted by molar-refractivity contribution is -0.115. The predicted octanol–water partition coefficient (Wildman–Crippen LogP) is 3.22. The van der Waals surface area contributed by atoms with Crippen LogP contribution in [0.4, 0.5) is 15.8 Å². The van der Waals surface area contributed by atoms with E-state index < -0.39 is 25.3 Å². The molecule has 3 aliphatic heterocycles. The van der Waals surface area contributed by atoms with Gasteiger partial charge in [-0.15, -0.1) is 0 Å². The van der Waals surface area contributed by atoms with Crippen molar-refractivity contribution in [3.8, 4) is 5.75 Å². The fourth-order valence-corrected chi connectivity index (χ4v) is 4.52. The Morgan fingerprint density at radius 1 is 1.25 bits per heavy atom. The maximum atomic E-state index is 13.1. The molecule has 5 rings (SSSR count). The number of hydrogen-bond donors (Lipinski definition) is 1. The SMILES string of the molecule is [2H]C([2H])(CC([2H])([2H])N1CC[C@H]2[C@@H](C1)c1cccc3c1N2CC(=O)N3)Oc1ccc(F)cc1. The van der Waals surface area contributed by atoms with Crippen molar-refractivity contribution in [3.05, 3.63) is 53.8 Å². The number of hydrogen-bond acceptors (Lipinski definition) is 4. The number of halogens is 1. The van der Waals surface area contributed by atoms with Gasteiger partial charge in [-0.25, -0.2) is 4.39 Å². The third kappa shape index (κ3) is 3.11. The van der Waals surface area contributed by atoms with Crippen LogP contribution in [0, 0.1) is 5.82 Å². The maximum Gasteiger partial charge on any atom is 0.243 e. The van der Waals surface area contributed by atoms with Crippen molar-refractivity contribution in [2.24, 2.45) is 0 Å². The number of likely N-dealkylation sites (tertiary alicyclic amines) is 1. The maximum absolute atomic E-state index is 13.1. The van der Waals surface area contributed by atoms with Gasteiger partial charge in [-0.2, -0.15) is 0 Å². The van der Waals surface area contributed by atoms with E-state index in [1.807, 2.05) is 18.2 Å². The minimum atomic E-state index is -2.27. The molecule has 0 aromatic heterocycles. The quantitative estimate of drug-likeness (QED) is 0.858. The molecule has 28 heavy (non-hydrogen) atoms. The van der Waals surface area contributed by atoms with Crippen molar-refractivity contribution in [1.82, 2.24) is 4.90 Å². The Hall–Kier alpha value is -2.60. The minimum Gasteiger partial charge on any atom is -0.494 e. The zero-order valence-corrected chi connectivity index (χ0v) is 15.3. The second-order valence-corrected chi connectivity index (χ2v) is 7.36. The number of anilines is 2. The Balaban J connectivity index is 1.33. The van der Waals surface area contributed by atoms with Crippen molar-refractivity contribution >= 4 is 17.3 Å². The second-order valence-electron chi connectivity index (χ2n) is 7.36. The molecule has 5 nitrogen and oxygen atoms in total. The summed E-state index contributed by atoms with van der Waals surface area (Å²) in [4.78, 5) is 16.0. The summed E-state index contributed by atoms with van der Waals surface area (Å²) in [6.07, 6.45) is 0.179. The smallest absolute Gasteiger partial charge is 0.243 e. The lowest BCUT2D eigenvalue weighted by Crippen LogP contribution is -2.49. The number of piperidine rings is 1. The van der Waals surface area contributed by atoms with Gasteiger partial charge in [-0.3, -0.25) is 4.79 Å². The van der Waals surface area contributed by atoms with Gasteiger partial charge < -0.3 is 19.9 Å². The van der Waals surface area contributed by atoms with Crippen molar-refractivity contribution in [2.75, 3.05) is 42.9 Å². The van der Waals surface area contributed by atoms with Crippen LogP contribution in [0.3, 0.4) is 0 Å². The van der Waals surface area contributed by atoms with Gasteiger partial charge >= 0.3 is 0 Å². The van der Waals surface area contributed by atoms with E-state index in [9.17, 15) is 9.18 Å². The summed E-state index contributed by atoms with van der Waals surface area (Å²) in [6, 6.07) is 10.9. The lowest BCUT2D eigenvalue weighted by Gasteiger charge is -2.39. The van der Waals surface area contributed by atoms with Crippen LogP contribution in [-0.4, -0.2) is 49.5 Å². The van der Waals surface area contributed by atoms with E-state index in [1.54, 1.807) is 4.90 Å². The van der Waals surface area contributed by atoms with Gasteiger partial charge in [0.15, 0.2) is 0 Å². The summed E-state index contributed by atoms with van der Waals surface area (Å²) >= 11 is 0. The highest BCUT2D eigenvalue weighted by Crippen LogP contribution is 2.49. The van der Waals surface area contributed by atoms with Crippen molar-refractivity contribution in [2.45, 2.75) is 24.8 Å². The Labute approximate surface area is 169 Å². The third-order valence-corrected chi connectivity index (χ3v) is 5.70. The average molecular weight is 385 g/mol. The van der Waals surface area contributed by atoms with Crippen LogP contribution in [0.15, 0.2) is 42.5 Å². The molecule has 1 saturated heterocycles. The van der Waals surface area contributed by atoms with E-state index in [-0.39, 0.29) is 23.6 Å². The largest absolute Gasteiger partial charge is 0.494 e. The van der Waals surface area contributed by atoms with Gasteiger partial charge in [-0.1, -0.05) is 12.1 Å². The molecule has 0 bridgehead atoms. The zero-order chi connectivity index (χ0) is 22.7. The van der Waals surface area contributed by atoms with E-state index in [2.05, 4.69) is 10.2 Å². The van der Waals surface area contributed by atoms with Gasteiger partial charge in [0.1, 0.15) is 11.6 Å². The van der Waals surface area contributed by atoms with E-state index in [0.29, 0.717) is 26.1 Å². The highest BCUT2D eigenvalue weighted by atomic mass is 19.1. The highest BCUT2D eigenvalue weighted by molar-refractivity contribution is 6.03. The summed E-state index contributed by atoms with van der Waals surface area (Å²) in [5, 5.41) is 2.92. The topological polar surface area (TPSA) is 44.8 Å². The number of amides is 1. The molecule has 0 aliphatic carbocycles. The van der Waals surface area contributed by atoms with Crippen LogP contribution in [0.5, 0.6) is 5.75 Å². The Kier molecular flexibility index (Phi) is 3.43. The number of benzene rings is 2. The summed E-state index contributed by atoms with van der Waals surface area (Å²) in [7, 11) is 0. The molecule has 3 heterocycles. The zero-order valence-electron chi connectivity index (χ0n) is 19.3. The number of carbonyl (C=O) groups is 1. The fraction of sp³-hybridized carbons (Fsp3) is 0.409. The fourth-order valence-electron chi connectivity index (χ4n) is 4.52. The van der Waals surface area contributed by atoms with Crippen LogP contribution in [0.2, 0.25) is 0 Å². The molecule has 1 amide bonds. The molecule has 0 spiro atoms. The minimum absolute atomic E-state index is 0.0327. The molecular formula is C22H24FN3O2.